The molecule has 6 aromatic rings. The maximum absolute atomic E-state index is 14.1. The Bertz CT molecular complexity index is 2710. The van der Waals surface area contributed by atoms with Crippen molar-refractivity contribution in [1.29, 1.82) is 5.26 Å². The van der Waals surface area contributed by atoms with E-state index < -0.39 is 41.9 Å². The predicted molar refractivity (Wildman–Crippen MR) is 224 cm³/mol. The number of aryl methyl sites for hydroxylation is 1. The number of aliphatic carboxylic acids is 1. The van der Waals surface area contributed by atoms with Crippen LogP contribution in [0.3, 0.4) is 0 Å². The minimum atomic E-state index is -1.32. The Morgan fingerprint density at radius 2 is 1.64 bits per heavy atom. The van der Waals surface area contributed by atoms with Crippen LogP contribution in [0.15, 0.2) is 114 Å². The van der Waals surface area contributed by atoms with E-state index >= 15 is 0 Å². The number of benzene rings is 5. The molecule has 61 heavy (non-hydrogen) atoms. The number of halogens is 2. The van der Waals surface area contributed by atoms with Gasteiger partial charge in [0.15, 0.2) is 5.69 Å². The van der Waals surface area contributed by atoms with Crippen molar-refractivity contribution in [2.75, 3.05) is 5.32 Å². The minimum absolute atomic E-state index is 0.00559. The third kappa shape index (κ3) is 8.91. The van der Waals surface area contributed by atoms with Gasteiger partial charge in [-0.2, -0.15) is 5.26 Å². The molecule has 2 aliphatic heterocycles. The van der Waals surface area contributed by atoms with E-state index in [-0.39, 0.29) is 31.7 Å². The van der Waals surface area contributed by atoms with Crippen LogP contribution in [0.2, 0.25) is 10.0 Å². The summed E-state index contributed by atoms with van der Waals surface area (Å²) in [4.78, 5) is 55.4. The third-order valence-electron chi connectivity index (χ3n) is 10.5. The van der Waals surface area contributed by atoms with E-state index in [1.165, 1.54) is 11.0 Å². The number of carboxylic acid groups (broad SMARTS) is 1. The molecule has 5 aromatic carbocycles. The van der Waals surface area contributed by atoms with Crippen molar-refractivity contribution in [1.82, 2.24) is 15.4 Å². The van der Waals surface area contributed by atoms with E-state index in [1.54, 1.807) is 79.7 Å². The Morgan fingerprint density at radius 3 is 2.30 bits per heavy atom. The van der Waals surface area contributed by atoms with E-state index in [1.807, 2.05) is 30.3 Å². The number of aromatic nitrogens is 1. The van der Waals surface area contributed by atoms with Gasteiger partial charge >= 0.3 is 5.97 Å². The Hall–Kier alpha value is -7.14. The van der Waals surface area contributed by atoms with Crippen LogP contribution in [0.1, 0.15) is 55.7 Å². The summed E-state index contributed by atoms with van der Waals surface area (Å²) in [7, 11) is 0. The number of nitriles is 1. The van der Waals surface area contributed by atoms with Crippen LogP contribution in [0.4, 0.5) is 5.69 Å². The van der Waals surface area contributed by atoms with Crippen LogP contribution in [0.25, 0.3) is 11.1 Å². The molecule has 0 radical (unpaired) electrons. The lowest BCUT2D eigenvalue weighted by Gasteiger charge is -2.37. The molecule has 306 valence electrons. The highest BCUT2D eigenvalue weighted by Crippen LogP contribution is 2.40. The van der Waals surface area contributed by atoms with Gasteiger partial charge in [-0.05, 0) is 88.8 Å². The number of fused-ring (bicyclic) bond motifs is 2. The van der Waals surface area contributed by atoms with Gasteiger partial charge < -0.3 is 34.6 Å². The van der Waals surface area contributed by atoms with Gasteiger partial charge in [0.1, 0.15) is 35.9 Å². The van der Waals surface area contributed by atoms with Crippen molar-refractivity contribution in [2.45, 2.75) is 51.1 Å². The van der Waals surface area contributed by atoms with E-state index in [0.29, 0.717) is 60.8 Å². The Labute approximate surface area is 359 Å². The highest BCUT2D eigenvalue weighted by Gasteiger charge is 2.39. The molecule has 0 saturated carbocycles. The van der Waals surface area contributed by atoms with Gasteiger partial charge in [-0.3, -0.25) is 14.4 Å². The van der Waals surface area contributed by atoms with Crippen molar-refractivity contribution < 1.29 is 38.3 Å². The number of ether oxygens (including phenoxy) is 2. The maximum atomic E-state index is 14.1. The molecule has 2 unspecified atom stereocenters. The van der Waals surface area contributed by atoms with Crippen LogP contribution in [-0.2, 0) is 40.4 Å². The summed E-state index contributed by atoms with van der Waals surface area (Å²) in [6, 6.07) is 31.1. The lowest BCUT2D eigenvalue weighted by molar-refractivity contribution is -0.142. The molecule has 3 N–H and O–H groups in total. The van der Waals surface area contributed by atoms with Gasteiger partial charge in [-0.25, -0.2) is 4.79 Å². The number of carbonyl (C=O) groups is 4. The predicted octanol–water partition coefficient (Wildman–Crippen LogP) is 7.86. The lowest BCUT2D eigenvalue weighted by atomic mass is 9.91. The Balaban J connectivity index is 0.991. The summed E-state index contributed by atoms with van der Waals surface area (Å²) in [5.74, 6) is -1.59. The topological polar surface area (TPSA) is 184 Å². The van der Waals surface area contributed by atoms with Crippen molar-refractivity contribution >= 4 is 52.6 Å². The zero-order valence-electron chi connectivity index (χ0n) is 32.4. The highest BCUT2D eigenvalue weighted by atomic mass is 35.5. The van der Waals surface area contributed by atoms with E-state index in [0.717, 1.165) is 16.7 Å². The summed E-state index contributed by atoms with van der Waals surface area (Å²) in [6.07, 6.45) is -1.01. The van der Waals surface area contributed by atoms with Crippen molar-refractivity contribution in [3.8, 4) is 28.7 Å². The van der Waals surface area contributed by atoms with E-state index in [4.69, 9.17) is 42.5 Å². The number of carboxylic acids is 1. The number of anilines is 1. The van der Waals surface area contributed by atoms with Crippen LogP contribution in [0.5, 0.6) is 11.5 Å². The average molecular weight is 857 g/mol. The normalized spacial score (nSPS) is 15.9. The number of nitrogens with zero attached hydrogens (tertiary/aromatic N) is 3. The van der Waals surface area contributed by atoms with Crippen LogP contribution in [0, 0.1) is 18.3 Å². The molecule has 8 rings (SSSR count). The number of rotatable bonds is 11. The third-order valence-corrected chi connectivity index (χ3v) is 11.3. The summed E-state index contributed by atoms with van der Waals surface area (Å²) < 4.78 is 17.3. The van der Waals surface area contributed by atoms with Crippen molar-refractivity contribution in [2.24, 2.45) is 0 Å². The standard InChI is InChI=1S/C46H35Cl2N5O8/c1-25-16-38(52-61-25)45(56)53-23-33-21-41-37(50-44(55)42(60-41)31-11-13-34(14-12-31)59-24-28-6-15-35(47)36(48)17-28)19-32(33)20-40(53)43(54)51-39(46(57)58)18-26-2-7-29(8-3-26)30-9-4-27(22-49)5-10-30/h2-17,19,21,39-40,42H,18,20,23-24H2,1H3,(H,50,55)(H,51,54)(H,57,58)/t39-,40?,42?/m0/s1. The number of amides is 3. The second-order valence-corrected chi connectivity index (χ2v) is 15.5. The van der Waals surface area contributed by atoms with Gasteiger partial charge in [-0.1, -0.05) is 83.0 Å². The van der Waals surface area contributed by atoms with Crippen LogP contribution < -0.4 is 20.1 Å². The first-order valence-corrected chi connectivity index (χ1v) is 19.8. The second-order valence-electron chi connectivity index (χ2n) is 14.7. The fourth-order valence-corrected chi connectivity index (χ4v) is 7.60. The van der Waals surface area contributed by atoms with Crippen molar-refractivity contribution in [3.63, 3.8) is 0 Å². The highest BCUT2D eigenvalue weighted by molar-refractivity contribution is 6.42. The first kappa shape index (κ1) is 40.6. The fourth-order valence-electron chi connectivity index (χ4n) is 7.28. The van der Waals surface area contributed by atoms with Gasteiger partial charge in [-0.15, -0.1) is 0 Å². The first-order chi connectivity index (χ1) is 29.4. The number of hydrogen-bond acceptors (Lipinski definition) is 9. The molecule has 2 aliphatic rings. The smallest absolute Gasteiger partial charge is 0.326 e. The molecule has 1 aromatic heterocycles. The van der Waals surface area contributed by atoms with Crippen LogP contribution >= 0.6 is 23.2 Å². The quantitative estimate of drug-likeness (QED) is 0.116. The zero-order chi connectivity index (χ0) is 42.8. The second kappa shape index (κ2) is 17.2. The molecule has 13 nitrogen and oxygen atoms in total. The molecule has 3 atom stereocenters. The number of nitrogens with one attached hydrogen (secondary N) is 2. The van der Waals surface area contributed by atoms with Gasteiger partial charge in [0.05, 0.1) is 27.4 Å². The maximum Gasteiger partial charge on any atom is 0.326 e. The Kier molecular flexibility index (Phi) is 11.5. The fraction of sp³-hybridized carbons (Fsp3) is 0.174. The Morgan fingerprint density at radius 1 is 0.934 bits per heavy atom. The van der Waals surface area contributed by atoms with Gasteiger partial charge in [0.2, 0.25) is 12.0 Å². The van der Waals surface area contributed by atoms with Crippen molar-refractivity contribution in [3.05, 3.63) is 164 Å². The lowest BCUT2D eigenvalue weighted by Crippen LogP contribution is -2.56. The molecule has 3 amide bonds. The summed E-state index contributed by atoms with van der Waals surface area (Å²) in [5, 5.41) is 29.7. The molecule has 0 fully saturated rings. The summed E-state index contributed by atoms with van der Waals surface area (Å²) in [5.41, 5.74) is 6.08. The van der Waals surface area contributed by atoms with Crippen LogP contribution in [-0.4, -0.2) is 50.9 Å². The summed E-state index contributed by atoms with van der Waals surface area (Å²) in [6.45, 7) is 1.85. The molecule has 3 heterocycles. The molecule has 0 saturated heterocycles. The molecule has 0 bridgehead atoms. The molecule has 0 aliphatic carbocycles. The zero-order valence-corrected chi connectivity index (χ0v) is 33.9. The molecule has 0 spiro atoms. The number of carbonyl (C=O) groups excluding carboxylic acids is 3. The molecule has 15 heteroatoms. The van der Waals surface area contributed by atoms with E-state index in [2.05, 4.69) is 21.9 Å². The van der Waals surface area contributed by atoms with Gasteiger partial charge in [0.25, 0.3) is 11.8 Å². The first-order valence-electron chi connectivity index (χ1n) is 19.1. The average Bonchev–Trinajstić information content (AvgIpc) is 3.71. The molecular formula is C46H35Cl2N5O8. The number of hydrogen-bond donors (Lipinski definition) is 3. The largest absolute Gasteiger partial charge is 0.489 e. The molecular weight excluding hydrogens is 821 g/mol. The minimum Gasteiger partial charge on any atom is -0.489 e. The summed E-state index contributed by atoms with van der Waals surface area (Å²) >= 11 is 12.1. The van der Waals surface area contributed by atoms with E-state index in [9.17, 15) is 24.3 Å². The SMILES string of the molecule is Cc1cc(C(=O)N2Cc3cc4c(cc3CC2C(=O)N[C@@H](Cc2ccc(-c3ccc(C#N)cc3)cc2)C(=O)O)NC(=O)C(c2ccc(OCc3ccc(Cl)c(Cl)c3)cc2)O4)no1. The monoisotopic (exact) mass is 855 g/mol. The van der Waals surface area contributed by atoms with Gasteiger partial charge in [0, 0.05) is 31.0 Å².